The largest absolute Gasteiger partial charge is 0.349 e. The molecule has 0 aromatic carbocycles. The highest BCUT2D eigenvalue weighted by Crippen LogP contribution is 2.33. The Morgan fingerprint density at radius 3 is 3.11 bits per heavy atom. The molecule has 94 valence electrons. The zero-order valence-corrected chi connectivity index (χ0v) is 10.5. The van der Waals surface area contributed by atoms with E-state index in [1.807, 2.05) is 31.6 Å². The van der Waals surface area contributed by atoms with Crippen LogP contribution in [0.4, 0.5) is 5.82 Å². The molecule has 1 unspecified atom stereocenters. The van der Waals surface area contributed by atoms with Crippen molar-refractivity contribution in [2.75, 3.05) is 11.4 Å². The second kappa shape index (κ2) is 4.76. The van der Waals surface area contributed by atoms with E-state index >= 15 is 0 Å². The molecule has 0 radical (unpaired) electrons. The molecule has 0 aliphatic carbocycles. The molecule has 0 amide bonds. The predicted molar refractivity (Wildman–Crippen MR) is 69.3 cm³/mol. The van der Waals surface area contributed by atoms with Crippen LogP contribution in [0, 0.1) is 6.92 Å². The highest BCUT2D eigenvalue weighted by Gasteiger charge is 2.25. The van der Waals surface area contributed by atoms with Gasteiger partial charge in [0.05, 0.1) is 12.2 Å². The fourth-order valence-corrected chi connectivity index (χ4v) is 2.60. The van der Waals surface area contributed by atoms with Gasteiger partial charge in [0.1, 0.15) is 11.6 Å². The Morgan fingerprint density at radius 2 is 2.33 bits per heavy atom. The zero-order chi connectivity index (χ0) is 12.4. The average molecular weight is 243 g/mol. The van der Waals surface area contributed by atoms with Gasteiger partial charge in [0.2, 0.25) is 0 Å². The lowest BCUT2D eigenvalue weighted by Gasteiger charge is -2.36. The number of nitrogens with one attached hydrogen (secondary N) is 1. The second-order valence-corrected chi connectivity index (χ2v) is 4.70. The molecule has 0 saturated carbocycles. The van der Waals surface area contributed by atoms with E-state index in [4.69, 9.17) is 0 Å². The van der Waals surface area contributed by atoms with Gasteiger partial charge in [-0.2, -0.15) is 5.10 Å². The molecule has 2 aromatic rings. The van der Waals surface area contributed by atoms with Crippen molar-refractivity contribution in [2.24, 2.45) is 0 Å². The molecule has 2 aromatic heterocycles. The van der Waals surface area contributed by atoms with Crippen LogP contribution in [0.25, 0.3) is 0 Å². The lowest BCUT2D eigenvalue weighted by atomic mass is 9.97. The van der Waals surface area contributed by atoms with Crippen molar-refractivity contribution in [1.82, 2.24) is 20.2 Å². The lowest BCUT2D eigenvalue weighted by Crippen LogP contribution is -2.34. The average Bonchev–Trinajstić information content (AvgIpc) is 2.92. The molecule has 0 bridgehead atoms. The molecule has 5 nitrogen and oxygen atoms in total. The van der Waals surface area contributed by atoms with E-state index in [9.17, 15) is 0 Å². The topological polar surface area (TPSA) is 57.7 Å². The lowest BCUT2D eigenvalue weighted by molar-refractivity contribution is 0.469. The summed E-state index contributed by atoms with van der Waals surface area (Å²) < 4.78 is 0. The maximum absolute atomic E-state index is 4.54. The Balaban J connectivity index is 1.93. The van der Waals surface area contributed by atoms with Gasteiger partial charge in [-0.3, -0.25) is 5.10 Å². The molecule has 5 heteroatoms. The zero-order valence-electron chi connectivity index (χ0n) is 10.5. The number of hydrogen-bond donors (Lipinski definition) is 1. The van der Waals surface area contributed by atoms with Crippen molar-refractivity contribution < 1.29 is 0 Å². The van der Waals surface area contributed by atoms with Gasteiger partial charge in [0.15, 0.2) is 0 Å². The molecule has 0 spiro atoms. The summed E-state index contributed by atoms with van der Waals surface area (Å²) in [7, 11) is 0. The Morgan fingerprint density at radius 1 is 1.39 bits per heavy atom. The van der Waals surface area contributed by atoms with Crippen molar-refractivity contribution in [3.05, 3.63) is 36.0 Å². The molecule has 1 N–H and O–H groups in total. The van der Waals surface area contributed by atoms with Crippen LogP contribution in [0.3, 0.4) is 0 Å². The first-order valence-electron chi connectivity index (χ1n) is 6.39. The first-order valence-corrected chi connectivity index (χ1v) is 6.39. The van der Waals surface area contributed by atoms with Crippen molar-refractivity contribution in [1.29, 1.82) is 0 Å². The number of nitrogens with zero attached hydrogens (tertiary/aromatic N) is 4. The normalized spacial score (nSPS) is 20.1. The molecule has 1 aliphatic rings. The first-order chi connectivity index (χ1) is 8.84. The van der Waals surface area contributed by atoms with E-state index in [0.29, 0.717) is 6.04 Å². The summed E-state index contributed by atoms with van der Waals surface area (Å²) in [5.74, 6) is 1.84. The Labute approximate surface area is 106 Å². The first kappa shape index (κ1) is 11.2. The summed E-state index contributed by atoms with van der Waals surface area (Å²) in [5.41, 5.74) is 1.24. The molecular formula is C13H17N5. The SMILES string of the molecule is Cc1nccc(N2CCCCC2c2cn[nH]c2)n1. The number of aromatic amines is 1. The molecule has 1 aliphatic heterocycles. The van der Waals surface area contributed by atoms with Crippen LogP contribution in [-0.4, -0.2) is 26.7 Å². The molecule has 1 fully saturated rings. The van der Waals surface area contributed by atoms with Crippen LogP contribution in [0.1, 0.15) is 36.7 Å². The number of H-pyrrole nitrogens is 1. The van der Waals surface area contributed by atoms with Gasteiger partial charge in [-0.1, -0.05) is 0 Å². The smallest absolute Gasteiger partial charge is 0.132 e. The van der Waals surface area contributed by atoms with Crippen molar-refractivity contribution in [3.8, 4) is 0 Å². The van der Waals surface area contributed by atoms with Gasteiger partial charge < -0.3 is 4.90 Å². The summed E-state index contributed by atoms with van der Waals surface area (Å²) in [6.45, 7) is 2.98. The number of aromatic nitrogens is 4. The minimum Gasteiger partial charge on any atom is -0.349 e. The third kappa shape index (κ3) is 2.08. The summed E-state index contributed by atoms with van der Waals surface area (Å²) in [5, 5.41) is 6.96. The molecule has 18 heavy (non-hydrogen) atoms. The van der Waals surface area contributed by atoms with Gasteiger partial charge >= 0.3 is 0 Å². The van der Waals surface area contributed by atoms with Gasteiger partial charge in [-0.25, -0.2) is 9.97 Å². The van der Waals surface area contributed by atoms with E-state index in [2.05, 4.69) is 25.1 Å². The summed E-state index contributed by atoms with van der Waals surface area (Å²) in [4.78, 5) is 11.1. The van der Waals surface area contributed by atoms with E-state index in [1.165, 1.54) is 18.4 Å². The van der Waals surface area contributed by atoms with Crippen LogP contribution in [0.5, 0.6) is 0 Å². The Kier molecular flexibility index (Phi) is 2.96. The summed E-state index contributed by atoms with van der Waals surface area (Å²) in [6.07, 6.45) is 9.36. The van der Waals surface area contributed by atoms with Crippen LogP contribution in [0.15, 0.2) is 24.7 Å². The van der Waals surface area contributed by atoms with Crippen molar-refractivity contribution in [2.45, 2.75) is 32.2 Å². The van der Waals surface area contributed by atoms with E-state index < -0.39 is 0 Å². The van der Waals surface area contributed by atoms with Crippen LogP contribution in [0.2, 0.25) is 0 Å². The van der Waals surface area contributed by atoms with Gasteiger partial charge in [-0.15, -0.1) is 0 Å². The maximum atomic E-state index is 4.54. The monoisotopic (exact) mass is 243 g/mol. The van der Waals surface area contributed by atoms with Crippen LogP contribution in [-0.2, 0) is 0 Å². The number of rotatable bonds is 2. The third-order valence-corrected chi connectivity index (χ3v) is 3.46. The van der Waals surface area contributed by atoms with Crippen molar-refractivity contribution in [3.63, 3.8) is 0 Å². The van der Waals surface area contributed by atoms with Gasteiger partial charge in [0.25, 0.3) is 0 Å². The minimum atomic E-state index is 0.381. The van der Waals surface area contributed by atoms with Crippen molar-refractivity contribution >= 4 is 5.82 Å². The maximum Gasteiger partial charge on any atom is 0.132 e. The van der Waals surface area contributed by atoms with E-state index in [-0.39, 0.29) is 0 Å². The highest BCUT2D eigenvalue weighted by atomic mass is 15.2. The fraction of sp³-hybridized carbons (Fsp3) is 0.462. The number of anilines is 1. The second-order valence-electron chi connectivity index (χ2n) is 4.70. The predicted octanol–water partition coefficient (Wildman–Crippen LogP) is 2.24. The number of hydrogen-bond acceptors (Lipinski definition) is 4. The number of piperidine rings is 1. The minimum absolute atomic E-state index is 0.381. The van der Waals surface area contributed by atoms with Crippen LogP contribution >= 0.6 is 0 Å². The Bertz CT molecular complexity index is 508. The molecular weight excluding hydrogens is 226 g/mol. The van der Waals surface area contributed by atoms with E-state index in [0.717, 1.165) is 24.6 Å². The standard InChI is InChI=1S/C13H17N5/c1-10-14-6-5-13(17-10)18-7-3-2-4-12(18)11-8-15-16-9-11/h5-6,8-9,12H,2-4,7H2,1H3,(H,15,16). The molecule has 3 rings (SSSR count). The summed E-state index contributed by atoms with van der Waals surface area (Å²) >= 11 is 0. The molecule has 3 heterocycles. The Hall–Kier alpha value is -1.91. The molecule has 1 atom stereocenters. The third-order valence-electron chi connectivity index (χ3n) is 3.46. The number of aryl methyl sites for hydroxylation is 1. The fourth-order valence-electron chi connectivity index (χ4n) is 2.60. The van der Waals surface area contributed by atoms with Gasteiger partial charge in [0, 0.05) is 24.5 Å². The quantitative estimate of drug-likeness (QED) is 0.878. The highest BCUT2D eigenvalue weighted by molar-refractivity contribution is 5.41. The van der Waals surface area contributed by atoms with Gasteiger partial charge in [-0.05, 0) is 32.3 Å². The van der Waals surface area contributed by atoms with E-state index in [1.54, 1.807) is 0 Å². The summed E-state index contributed by atoms with van der Waals surface area (Å²) in [6, 6.07) is 2.37. The molecule has 1 saturated heterocycles. The van der Waals surface area contributed by atoms with Crippen LogP contribution < -0.4 is 4.90 Å².